The Balaban J connectivity index is 1.95. The summed E-state index contributed by atoms with van der Waals surface area (Å²) >= 11 is 3.32. The average Bonchev–Trinajstić information content (AvgIpc) is 2.45. The third-order valence-electron chi connectivity index (χ3n) is 2.71. The first-order valence-corrected chi connectivity index (χ1v) is 7.04. The highest BCUT2D eigenvalue weighted by atomic mass is 79.9. The molecule has 0 aliphatic carbocycles. The van der Waals surface area contributed by atoms with E-state index in [1.807, 2.05) is 12.1 Å². The maximum atomic E-state index is 13.1. The molecule has 0 atom stereocenters. The second-order valence-electron chi connectivity index (χ2n) is 4.30. The standard InChI is InChI=1S/C15H14BrFN2O2/c16-11-2-1-3-13(7-11)19-15(20)9-21-14-5-4-12(17)6-10(14)8-18/h1-7H,8-9,18H2,(H,19,20). The molecule has 4 nitrogen and oxygen atoms in total. The summed E-state index contributed by atoms with van der Waals surface area (Å²) in [6.45, 7) is -0.0362. The van der Waals surface area contributed by atoms with Crippen LogP contribution < -0.4 is 15.8 Å². The minimum Gasteiger partial charge on any atom is -0.483 e. The number of rotatable bonds is 5. The van der Waals surface area contributed by atoms with Gasteiger partial charge in [0, 0.05) is 22.3 Å². The van der Waals surface area contributed by atoms with E-state index in [2.05, 4.69) is 21.2 Å². The molecule has 3 N–H and O–H groups in total. The van der Waals surface area contributed by atoms with Gasteiger partial charge < -0.3 is 15.8 Å². The largest absolute Gasteiger partial charge is 0.483 e. The SMILES string of the molecule is NCc1cc(F)ccc1OCC(=O)Nc1cccc(Br)c1. The summed E-state index contributed by atoms with van der Waals surface area (Å²) in [6, 6.07) is 11.2. The summed E-state index contributed by atoms with van der Waals surface area (Å²) in [7, 11) is 0. The minimum absolute atomic E-state index is 0.139. The van der Waals surface area contributed by atoms with Crippen LogP contribution in [0.15, 0.2) is 46.9 Å². The van der Waals surface area contributed by atoms with Crippen molar-refractivity contribution in [3.63, 3.8) is 0 Å². The van der Waals surface area contributed by atoms with Gasteiger partial charge in [-0.05, 0) is 36.4 Å². The second-order valence-corrected chi connectivity index (χ2v) is 5.22. The van der Waals surface area contributed by atoms with Crippen LogP contribution >= 0.6 is 15.9 Å². The van der Waals surface area contributed by atoms with E-state index in [0.29, 0.717) is 17.0 Å². The van der Waals surface area contributed by atoms with Crippen LogP contribution in [0, 0.1) is 5.82 Å². The maximum absolute atomic E-state index is 13.1. The van der Waals surface area contributed by atoms with Gasteiger partial charge in [0.2, 0.25) is 0 Å². The average molecular weight is 353 g/mol. The molecule has 21 heavy (non-hydrogen) atoms. The van der Waals surface area contributed by atoms with E-state index in [9.17, 15) is 9.18 Å². The predicted molar refractivity (Wildman–Crippen MR) is 82.6 cm³/mol. The molecular weight excluding hydrogens is 339 g/mol. The summed E-state index contributed by atoms with van der Waals surface area (Å²) in [5.74, 6) is -0.287. The normalized spacial score (nSPS) is 10.2. The highest BCUT2D eigenvalue weighted by molar-refractivity contribution is 9.10. The number of nitrogens with two attached hydrogens (primary N) is 1. The highest BCUT2D eigenvalue weighted by Crippen LogP contribution is 2.19. The molecule has 1 amide bonds. The molecule has 6 heteroatoms. The Morgan fingerprint density at radius 2 is 2.10 bits per heavy atom. The number of hydrogen-bond donors (Lipinski definition) is 2. The van der Waals surface area contributed by atoms with Crippen LogP contribution in [0.4, 0.5) is 10.1 Å². The molecule has 0 radical (unpaired) electrons. The number of hydrogen-bond acceptors (Lipinski definition) is 3. The van der Waals surface area contributed by atoms with Gasteiger partial charge in [-0.1, -0.05) is 22.0 Å². The summed E-state index contributed by atoms with van der Waals surface area (Å²) < 4.78 is 19.3. The summed E-state index contributed by atoms with van der Waals surface area (Å²) in [6.07, 6.45) is 0. The zero-order valence-electron chi connectivity index (χ0n) is 11.1. The van der Waals surface area contributed by atoms with Crippen molar-refractivity contribution in [1.29, 1.82) is 0 Å². The lowest BCUT2D eigenvalue weighted by Crippen LogP contribution is -2.20. The molecule has 0 heterocycles. The van der Waals surface area contributed by atoms with Gasteiger partial charge in [0.25, 0.3) is 5.91 Å². The third kappa shape index (κ3) is 4.54. The van der Waals surface area contributed by atoms with Gasteiger partial charge in [0.05, 0.1) is 0 Å². The van der Waals surface area contributed by atoms with Crippen molar-refractivity contribution in [2.24, 2.45) is 5.73 Å². The number of ether oxygens (including phenoxy) is 1. The van der Waals surface area contributed by atoms with Crippen molar-refractivity contribution >= 4 is 27.5 Å². The topological polar surface area (TPSA) is 64.3 Å². The zero-order chi connectivity index (χ0) is 15.2. The number of halogens is 2. The van der Waals surface area contributed by atoms with Crippen LogP contribution in [0.2, 0.25) is 0 Å². The van der Waals surface area contributed by atoms with E-state index in [1.165, 1.54) is 18.2 Å². The lowest BCUT2D eigenvalue weighted by atomic mass is 10.2. The molecule has 0 aliphatic heterocycles. The highest BCUT2D eigenvalue weighted by Gasteiger charge is 2.08. The van der Waals surface area contributed by atoms with Gasteiger partial charge in [-0.25, -0.2) is 4.39 Å². The van der Waals surface area contributed by atoms with Crippen molar-refractivity contribution in [2.45, 2.75) is 6.54 Å². The van der Waals surface area contributed by atoms with Gasteiger partial charge in [-0.15, -0.1) is 0 Å². The maximum Gasteiger partial charge on any atom is 0.262 e. The zero-order valence-corrected chi connectivity index (χ0v) is 12.7. The number of carbonyl (C=O) groups excluding carboxylic acids is 1. The molecule has 0 unspecified atom stereocenters. The molecular formula is C15H14BrFN2O2. The Hall–Kier alpha value is -1.92. The van der Waals surface area contributed by atoms with Crippen molar-refractivity contribution in [3.05, 3.63) is 58.3 Å². The first-order chi connectivity index (χ1) is 10.1. The van der Waals surface area contributed by atoms with Gasteiger partial charge in [0.15, 0.2) is 6.61 Å². The van der Waals surface area contributed by atoms with Crippen LogP contribution in [-0.4, -0.2) is 12.5 Å². The van der Waals surface area contributed by atoms with E-state index in [1.54, 1.807) is 12.1 Å². The summed E-state index contributed by atoms with van der Waals surface area (Å²) in [5, 5.41) is 2.70. The van der Waals surface area contributed by atoms with E-state index in [-0.39, 0.29) is 24.9 Å². The molecule has 2 rings (SSSR count). The van der Waals surface area contributed by atoms with Gasteiger partial charge in [0.1, 0.15) is 11.6 Å². The molecule has 2 aromatic carbocycles. The molecule has 110 valence electrons. The Labute approximate surface area is 130 Å². The van der Waals surface area contributed by atoms with Crippen molar-refractivity contribution < 1.29 is 13.9 Å². The molecule has 0 bridgehead atoms. The van der Waals surface area contributed by atoms with Crippen molar-refractivity contribution in [3.8, 4) is 5.75 Å². The number of anilines is 1. The van der Waals surface area contributed by atoms with Crippen LogP contribution in [0.5, 0.6) is 5.75 Å². The second kappa shape index (κ2) is 7.19. The predicted octanol–water partition coefficient (Wildman–Crippen LogP) is 3.06. The Morgan fingerprint density at radius 3 is 2.81 bits per heavy atom. The molecule has 0 spiro atoms. The Kier molecular flexibility index (Phi) is 5.30. The van der Waals surface area contributed by atoms with E-state index >= 15 is 0 Å². The number of amides is 1. The molecule has 2 aromatic rings. The number of benzene rings is 2. The fourth-order valence-electron chi connectivity index (χ4n) is 1.75. The molecule has 0 fully saturated rings. The molecule has 0 aliphatic rings. The van der Waals surface area contributed by atoms with Crippen LogP contribution in [0.3, 0.4) is 0 Å². The monoisotopic (exact) mass is 352 g/mol. The Morgan fingerprint density at radius 1 is 1.29 bits per heavy atom. The lowest BCUT2D eigenvalue weighted by Gasteiger charge is -2.11. The van der Waals surface area contributed by atoms with Gasteiger partial charge in [-0.2, -0.15) is 0 Å². The van der Waals surface area contributed by atoms with E-state index in [4.69, 9.17) is 10.5 Å². The first kappa shape index (κ1) is 15.5. The van der Waals surface area contributed by atoms with Gasteiger partial charge >= 0.3 is 0 Å². The van der Waals surface area contributed by atoms with Crippen molar-refractivity contribution in [1.82, 2.24) is 0 Å². The van der Waals surface area contributed by atoms with Crippen LogP contribution in [0.25, 0.3) is 0 Å². The van der Waals surface area contributed by atoms with Crippen molar-refractivity contribution in [2.75, 3.05) is 11.9 Å². The molecule has 0 saturated carbocycles. The molecule has 0 saturated heterocycles. The van der Waals surface area contributed by atoms with Crippen LogP contribution in [-0.2, 0) is 11.3 Å². The summed E-state index contributed by atoms with van der Waals surface area (Å²) in [5.41, 5.74) is 6.70. The summed E-state index contributed by atoms with van der Waals surface area (Å²) in [4.78, 5) is 11.8. The third-order valence-corrected chi connectivity index (χ3v) is 3.20. The fraction of sp³-hybridized carbons (Fsp3) is 0.133. The quantitative estimate of drug-likeness (QED) is 0.868. The molecule has 0 aromatic heterocycles. The van der Waals surface area contributed by atoms with Crippen LogP contribution in [0.1, 0.15) is 5.56 Å². The van der Waals surface area contributed by atoms with Gasteiger partial charge in [-0.3, -0.25) is 4.79 Å². The number of carbonyl (C=O) groups is 1. The first-order valence-electron chi connectivity index (χ1n) is 6.25. The minimum atomic E-state index is -0.388. The van der Waals surface area contributed by atoms with E-state index in [0.717, 1.165) is 4.47 Å². The Bertz CT molecular complexity index is 649. The lowest BCUT2D eigenvalue weighted by molar-refractivity contribution is -0.118. The number of nitrogens with one attached hydrogen (secondary N) is 1. The van der Waals surface area contributed by atoms with E-state index < -0.39 is 0 Å². The smallest absolute Gasteiger partial charge is 0.262 e. The fourth-order valence-corrected chi connectivity index (χ4v) is 2.15.